The fourth-order valence-corrected chi connectivity index (χ4v) is 2.11. The summed E-state index contributed by atoms with van der Waals surface area (Å²) >= 11 is 2.16. The van der Waals surface area contributed by atoms with Gasteiger partial charge in [0.15, 0.2) is 6.10 Å². The summed E-state index contributed by atoms with van der Waals surface area (Å²) in [5.41, 5.74) is 0.104. The molecule has 0 heterocycles. The second kappa shape index (κ2) is 7.77. The van der Waals surface area contributed by atoms with Crippen LogP contribution in [0.25, 0.3) is 0 Å². The van der Waals surface area contributed by atoms with E-state index >= 15 is 0 Å². The predicted octanol–water partition coefficient (Wildman–Crippen LogP) is 2.17. The van der Waals surface area contributed by atoms with Gasteiger partial charge in [0.25, 0.3) is 0 Å². The number of carboxylic acids is 1. The van der Waals surface area contributed by atoms with Gasteiger partial charge in [-0.2, -0.15) is 0 Å². The summed E-state index contributed by atoms with van der Waals surface area (Å²) in [6, 6.07) is 6.40. The van der Waals surface area contributed by atoms with E-state index in [1.807, 2.05) is 24.3 Å². The SMILES string of the molecule is CC(C)(C)OC(=O)N[C@@H](Cc1ccc(I)cc1)[C@H](O)C(=O)O. The Morgan fingerprint density at radius 1 is 1.27 bits per heavy atom. The van der Waals surface area contributed by atoms with Crippen LogP contribution in [-0.2, 0) is 16.0 Å². The van der Waals surface area contributed by atoms with Gasteiger partial charge in [0.05, 0.1) is 6.04 Å². The zero-order chi connectivity index (χ0) is 16.9. The van der Waals surface area contributed by atoms with Gasteiger partial charge in [-0.3, -0.25) is 0 Å². The summed E-state index contributed by atoms with van der Waals surface area (Å²) in [6.07, 6.45) is -2.29. The summed E-state index contributed by atoms with van der Waals surface area (Å²) in [6.45, 7) is 5.11. The molecule has 0 aliphatic rings. The topological polar surface area (TPSA) is 95.9 Å². The molecule has 0 spiro atoms. The maximum Gasteiger partial charge on any atom is 0.407 e. The standard InChI is InChI=1S/C15H20INO5/c1-15(2,3)22-14(21)17-11(12(18)13(19)20)8-9-4-6-10(16)7-5-9/h4-7,11-12,18H,8H2,1-3H3,(H,17,21)(H,19,20)/t11-,12-/m0/s1. The van der Waals surface area contributed by atoms with Gasteiger partial charge in [-0.25, -0.2) is 9.59 Å². The van der Waals surface area contributed by atoms with Crippen LogP contribution in [0.5, 0.6) is 0 Å². The van der Waals surface area contributed by atoms with E-state index in [0.717, 1.165) is 9.13 Å². The number of hydrogen-bond acceptors (Lipinski definition) is 4. The Hall–Kier alpha value is -1.35. The first kappa shape index (κ1) is 18.7. The van der Waals surface area contributed by atoms with Crippen LogP contribution in [0.15, 0.2) is 24.3 Å². The van der Waals surface area contributed by atoms with Crippen molar-refractivity contribution in [1.82, 2.24) is 5.32 Å². The number of hydrogen-bond donors (Lipinski definition) is 3. The van der Waals surface area contributed by atoms with Crippen LogP contribution in [0.3, 0.4) is 0 Å². The lowest BCUT2D eigenvalue weighted by atomic mass is 10.0. The van der Waals surface area contributed by atoms with Gasteiger partial charge in [0.1, 0.15) is 5.60 Å². The van der Waals surface area contributed by atoms with E-state index in [9.17, 15) is 14.7 Å². The molecule has 0 saturated carbocycles. The Morgan fingerprint density at radius 2 is 1.82 bits per heavy atom. The zero-order valence-electron chi connectivity index (χ0n) is 12.7. The number of nitrogens with one attached hydrogen (secondary N) is 1. The van der Waals surface area contributed by atoms with Gasteiger partial charge in [-0.15, -0.1) is 0 Å². The van der Waals surface area contributed by atoms with Gasteiger partial charge < -0.3 is 20.3 Å². The fraction of sp³-hybridized carbons (Fsp3) is 0.467. The number of ether oxygens (including phenoxy) is 1. The third-order valence-corrected chi connectivity index (χ3v) is 3.42. The third-order valence-electron chi connectivity index (χ3n) is 2.71. The van der Waals surface area contributed by atoms with E-state index in [0.29, 0.717) is 0 Å². The number of carbonyl (C=O) groups excluding carboxylic acids is 1. The first-order valence-corrected chi connectivity index (χ1v) is 7.81. The number of aliphatic hydroxyl groups is 1. The van der Waals surface area contributed by atoms with Crippen LogP contribution in [0.1, 0.15) is 26.3 Å². The van der Waals surface area contributed by atoms with Crippen molar-refractivity contribution in [2.45, 2.75) is 44.9 Å². The van der Waals surface area contributed by atoms with Crippen LogP contribution in [0, 0.1) is 3.57 Å². The molecule has 6 nitrogen and oxygen atoms in total. The summed E-state index contributed by atoms with van der Waals surface area (Å²) in [4.78, 5) is 22.8. The highest BCUT2D eigenvalue weighted by Gasteiger charge is 2.29. The van der Waals surface area contributed by atoms with E-state index in [1.54, 1.807) is 20.8 Å². The highest BCUT2D eigenvalue weighted by atomic mass is 127. The van der Waals surface area contributed by atoms with Crippen LogP contribution in [0.2, 0.25) is 0 Å². The molecule has 0 aliphatic heterocycles. The number of alkyl carbamates (subject to hydrolysis) is 1. The quantitative estimate of drug-likeness (QED) is 0.634. The second-order valence-corrected chi connectivity index (χ2v) is 7.11. The maximum absolute atomic E-state index is 11.8. The molecule has 3 N–H and O–H groups in total. The van der Waals surface area contributed by atoms with Crippen LogP contribution >= 0.6 is 22.6 Å². The molecule has 7 heteroatoms. The van der Waals surface area contributed by atoms with E-state index in [-0.39, 0.29) is 6.42 Å². The normalized spacial score (nSPS) is 14.0. The first-order chi connectivity index (χ1) is 10.1. The van der Waals surface area contributed by atoms with Gasteiger partial charge >= 0.3 is 12.1 Å². The first-order valence-electron chi connectivity index (χ1n) is 6.73. The molecule has 0 radical (unpaired) electrons. The lowest BCUT2D eigenvalue weighted by Gasteiger charge is -2.25. The van der Waals surface area contributed by atoms with Gasteiger partial charge in [0, 0.05) is 3.57 Å². The predicted molar refractivity (Wildman–Crippen MR) is 89.7 cm³/mol. The highest BCUT2D eigenvalue weighted by molar-refractivity contribution is 14.1. The molecule has 1 rings (SSSR count). The Kier molecular flexibility index (Phi) is 6.61. The lowest BCUT2D eigenvalue weighted by molar-refractivity contribution is -0.148. The molecule has 0 saturated heterocycles. The number of carboxylic acid groups (broad SMARTS) is 1. The van der Waals surface area contributed by atoms with Crippen molar-refractivity contribution in [2.24, 2.45) is 0 Å². The second-order valence-electron chi connectivity index (χ2n) is 5.87. The minimum Gasteiger partial charge on any atom is -0.479 e. The summed E-state index contributed by atoms with van der Waals surface area (Å²) < 4.78 is 6.14. The van der Waals surface area contributed by atoms with Crippen molar-refractivity contribution in [2.75, 3.05) is 0 Å². The van der Waals surface area contributed by atoms with Crippen molar-refractivity contribution in [1.29, 1.82) is 0 Å². The highest BCUT2D eigenvalue weighted by Crippen LogP contribution is 2.12. The number of rotatable bonds is 5. The third kappa shape index (κ3) is 6.61. The Labute approximate surface area is 143 Å². The van der Waals surface area contributed by atoms with E-state index in [2.05, 4.69) is 27.9 Å². The van der Waals surface area contributed by atoms with Crippen molar-refractivity contribution < 1.29 is 24.5 Å². The number of amides is 1. The summed E-state index contributed by atoms with van der Waals surface area (Å²) in [5, 5.41) is 21.2. The Bertz CT molecular complexity index is 524. The molecule has 0 bridgehead atoms. The zero-order valence-corrected chi connectivity index (χ0v) is 14.8. The average Bonchev–Trinajstić information content (AvgIpc) is 2.37. The molecule has 1 aromatic carbocycles. The maximum atomic E-state index is 11.8. The molecule has 0 aliphatic carbocycles. The van der Waals surface area contributed by atoms with Crippen LogP contribution in [0.4, 0.5) is 4.79 Å². The molecule has 0 unspecified atom stereocenters. The number of aliphatic hydroxyl groups excluding tert-OH is 1. The van der Waals surface area contributed by atoms with E-state index in [1.165, 1.54) is 0 Å². The van der Waals surface area contributed by atoms with Crippen molar-refractivity contribution >= 4 is 34.7 Å². The van der Waals surface area contributed by atoms with E-state index < -0.39 is 29.8 Å². The minimum absolute atomic E-state index is 0.184. The van der Waals surface area contributed by atoms with Crippen molar-refractivity contribution in [3.8, 4) is 0 Å². The number of benzene rings is 1. The fourth-order valence-electron chi connectivity index (χ4n) is 1.75. The Morgan fingerprint density at radius 3 is 2.27 bits per heavy atom. The van der Waals surface area contributed by atoms with E-state index in [4.69, 9.17) is 9.84 Å². The van der Waals surface area contributed by atoms with Crippen molar-refractivity contribution in [3.63, 3.8) is 0 Å². The van der Waals surface area contributed by atoms with Gasteiger partial charge in [-0.05, 0) is 67.5 Å². The largest absolute Gasteiger partial charge is 0.479 e. The smallest absolute Gasteiger partial charge is 0.407 e. The number of aliphatic carboxylic acids is 1. The lowest BCUT2D eigenvalue weighted by Crippen LogP contribution is -2.49. The molecular weight excluding hydrogens is 401 g/mol. The molecule has 1 aromatic rings. The number of carbonyl (C=O) groups is 2. The molecular formula is C15H20INO5. The summed E-state index contributed by atoms with van der Waals surface area (Å²) in [5.74, 6) is -1.40. The molecule has 122 valence electrons. The number of halogens is 1. The summed E-state index contributed by atoms with van der Waals surface area (Å²) in [7, 11) is 0. The molecule has 0 aromatic heterocycles. The van der Waals surface area contributed by atoms with Gasteiger partial charge in [0.2, 0.25) is 0 Å². The Balaban J connectivity index is 2.82. The molecule has 1 amide bonds. The van der Waals surface area contributed by atoms with Crippen LogP contribution in [-0.4, -0.2) is 40.0 Å². The minimum atomic E-state index is -1.72. The van der Waals surface area contributed by atoms with Crippen LogP contribution < -0.4 is 5.32 Å². The monoisotopic (exact) mass is 421 g/mol. The average molecular weight is 421 g/mol. The molecule has 0 fully saturated rings. The van der Waals surface area contributed by atoms with Gasteiger partial charge in [-0.1, -0.05) is 12.1 Å². The molecule has 22 heavy (non-hydrogen) atoms. The molecule has 2 atom stereocenters. The van der Waals surface area contributed by atoms with Crippen molar-refractivity contribution in [3.05, 3.63) is 33.4 Å².